The van der Waals surface area contributed by atoms with Crippen LogP contribution in [0, 0.1) is 0 Å². The molecule has 11 heteroatoms. The Balaban J connectivity index is 3.69. The van der Waals surface area contributed by atoms with Crippen LogP contribution in [0.25, 0.3) is 0 Å². The summed E-state index contributed by atoms with van der Waals surface area (Å²) < 4.78 is -8.09. The van der Waals surface area contributed by atoms with Gasteiger partial charge in [-0.1, -0.05) is 134 Å². The van der Waals surface area contributed by atoms with Crippen molar-refractivity contribution in [1.29, 1.82) is 0 Å². The monoisotopic (exact) mass is 518 g/mol. The first-order chi connectivity index (χ1) is 10.2. The minimum atomic E-state index is -2.08. The molecule has 1 nitrogen and oxygen atoms in total. The van der Waals surface area contributed by atoms with Crippen molar-refractivity contribution in [3.63, 3.8) is 0 Å². The van der Waals surface area contributed by atoms with Gasteiger partial charge in [-0.25, -0.2) is 0 Å². The summed E-state index contributed by atoms with van der Waals surface area (Å²) in [4.78, 5) is 0. The molecule has 0 unspecified atom stereocenters. The van der Waals surface area contributed by atoms with Gasteiger partial charge in [0.15, 0.2) is 8.67 Å². The Morgan fingerprint density at radius 2 is 1.04 bits per heavy atom. The van der Waals surface area contributed by atoms with E-state index in [1.807, 2.05) is 0 Å². The molecule has 132 valence electrons. The molecule has 0 aliphatic rings. The van der Waals surface area contributed by atoms with Crippen LogP contribution in [0.4, 0.5) is 0 Å². The van der Waals surface area contributed by atoms with Crippen LogP contribution in [0.2, 0.25) is 0 Å². The third-order valence-electron chi connectivity index (χ3n) is 2.93. The van der Waals surface area contributed by atoms with E-state index in [2.05, 4.69) is 0 Å². The van der Waals surface area contributed by atoms with Gasteiger partial charge in [0, 0.05) is 6.61 Å². The third-order valence-corrected chi connectivity index (χ3v) is 7.74. The number of aliphatic hydroxyl groups is 1. The topological polar surface area (TPSA) is 20.2 Å². The smallest absolute Gasteiger partial charge is 0.227 e. The van der Waals surface area contributed by atoms with Crippen molar-refractivity contribution in [1.82, 2.24) is 0 Å². The number of halogens is 10. The molecule has 1 rings (SSSR count). The second-order valence-electron chi connectivity index (χ2n) is 4.45. The predicted octanol–water partition coefficient (Wildman–Crippen LogP) is 7.22. The number of hydrogen-bond donors (Lipinski definition) is 1. The van der Waals surface area contributed by atoms with Gasteiger partial charge in [-0.3, -0.25) is 0 Å². The first-order valence-electron chi connectivity index (χ1n) is 5.80. The van der Waals surface area contributed by atoms with Gasteiger partial charge in [0.05, 0.1) is 0 Å². The van der Waals surface area contributed by atoms with E-state index in [-0.39, 0.29) is 24.2 Å². The highest BCUT2D eigenvalue weighted by molar-refractivity contribution is 6.76. The summed E-state index contributed by atoms with van der Waals surface area (Å²) in [5, 5.41) is 9.34. The summed E-state index contributed by atoms with van der Waals surface area (Å²) in [7, 11) is 0. The van der Waals surface area contributed by atoms with Crippen molar-refractivity contribution in [3.8, 4) is 0 Å². The molecule has 0 saturated heterocycles. The molecule has 0 bridgehead atoms. The largest absolute Gasteiger partial charge is 0.396 e. The van der Waals surface area contributed by atoms with Crippen LogP contribution in [-0.4, -0.2) is 19.3 Å². The van der Waals surface area contributed by atoms with Crippen molar-refractivity contribution in [3.05, 3.63) is 34.9 Å². The number of rotatable bonds is 4. The minimum Gasteiger partial charge on any atom is -0.396 e. The molecule has 0 aliphatic heterocycles. The van der Waals surface area contributed by atoms with Gasteiger partial charge >= 0.3 is 0 Å². The predicted molar refractivity (Wildman–Crippen MR) is 105 cm³/mol. The zero-order valence-corrected chi connectivity index (χ0v) is 18.4. The highest BCUT2D eigenvalue weighted by Gasteiger charge is 2.52. The fourth-order valence-corrected chi connectivity index (χ4v) is 3.18. The first-order valence-corrected chi connectivity index (χ1v) is 9.58. The number of alkyl halides is 10. The van der Waals surface area contributed by atoms with Crippen molar-refractivity contribution in [2.75, 3.05) is 6.61 Å². The lowest BCUT2D eigenvalue weighted by Gasteiger charge is -2.34. The SMILES string of the molecule is OCCc1c(C(Cl)(Cl)C(Cl)(Cl)Cl)cccc1C(Cl)(Cl)C(Cl)(Cl)Cl. The molecule has 0 aliphatic carbocycles. The van der Waals surface area contributed by atoms with Crippen molar-refractivity contribution in [2.45, 2.75) is 22.7 Å². The van der Waals surface area contributed by atoms with Gasteiger partial charge < -0.3 is 5.11 Å². The first kappa shape index (κ1) is 23.1. The standard InChI is InChI=1S/C12H8Cl10O/c13-9(14,11(17,18)19)7-2-1-3-8(6(7)4-5-23)10(15,16)12(20,21)22/h1-3,23H,4-5H2. The molecule has 1 N–H and O–H groups in total. The lowest BCUT2D eigenvalue weighted by atomic mass is 9.94. The normalized spacial score (nSPS) is 14.2. The van der Waals surface area contributed by atoms with Gasteiger partial charge in [0.25, 0.3) is 0 Å². The van der Waals surface area contributed by atoms with Crippen molar-refractivity contribution >= 4 is 116 Å². The highest BCUT2D eigenvalue weighted by atomic mass is 35.6. The van der Waals surface area contributed by atoms with Gasteiger partial charge in [0.2, 0.25) is 7.59 Å². The Labute approximate surface area is 183 Å². The van der Waals surface area contributed by atoms with E-state index in [0.29, 0.717) is 5.56 Å². The van der Waals surface area contributed by atoms with Crippen LogP contribution < -0.4 is 0 Å². The molecular formula is C12H8Cl10O. The molecular weight excluding hydrogens is 515 g/mol. The zero-order chi connectivity index (χ0) is 18.3. The van der Waals surface area contributed by atoms with Crippen LogP contribution in [0.1, 0.15) is 16.7 Å². The summed E-state index contributed by atoms with van der Waals surface area (Å²) in [6.07, 6.45) is 0.0371. The molecule has 1 aromatic carbocycles. The maximum absolute atomic E-state index is 9.34. The number of aliphatic hydroxyl groups excluding tert-OH is 1. The van der Waals surface area contributed by atoms with Crippen molar-refractivity contribution < 1.29 is 5.11 Å². The summed E-state index contributed by atoms with van der Waals surface area (Å²) in [5.74, 6) is 0. The van der Waals surface area contributed by atoms with E-state index < -0.39 is 16.3 Å². The second kappa shape index (κ2) is 7.98. The van der Waals surface area contributed by atoms with Crippen LogP contribution in [0.5, 0.6) is 0 Å². The lowest BCUT2D eigenvalue weighted by molar-refractivity contribution is 0.298. The molecule has 0 heterocycles. The molecule has 0 aromatic heterocycles. The van der Waals surface area contributed by atoms with E-state index in [4.69, 9.17) is 116 Å². The average molecular weight is 523 g/mol. The van der Waals surface area contributed by atoms with Gasteiger partial charge in [-0.15, -0.1) is 0 Å². The molecule has 0 spiro atoms. The molecule has 0 fully saturated rings. The molecule has 0 amide bonds. The number of benzene rings is 1. The van der Waals surface area contributed by atoms with E-state index in [1.165, 1.54) is 18.2 Å². The van der Waals surface area contributed by atoms with Crippen LogP contribution in [0.3, 0.4) is 0 Å². The maximum Gasteiger partial charge on any atom is 0.227 e. The van der Waals surface area contributed by atoms with E-state index in [0.717, 1.165) is 0 Å². The molecule has 0 saturated carbocycles. The summed E-state index contributed by atoms with van der Waals surface area (Å²) in [5.41, 5.74) is 0.655. The quantitative estimate of drug-likeness (QED) is 0.414. The fraction of sp³-hybridized carbons (Fsp3) is 0.500. The number of hydrogen-bond acceptors (Lipinski definition) is 1. The second-order valence-corrected chi connectivity index (χ2v) is 11.7. The van der Waals surface area contributed by atoms with E-state index in [1.54, 1.807) is 0 Å². The average Bonchev–Trinajstić information content (AvgIpc) is 2.36. The third kappa shape index (κ3) is 4.87. The van der Waals surface area contributed by atoms with E-state index >= 15 is 0 Å². The zero-order valence-electron chi connectivity index (χ0n) is 10.9. The van der Waals surface area contributed by atoms with Crippen LogP contribution in [0.15, 0.2) is 18.2 Å². The van der Waals surface area contributed by atoms with Gasteiger partial charge in [0.1, 0.15) is 0 Å². The minimum absolute atomic E-state index is 0.0371. The summed E-state index contributed by atoms with van der Waals surface area (Å²) in [6.45, 7) is -0.294. The summed E-state index contributed by atoms with van der Waals surface area (Å²) >= 11 is 60.0. The Kier molecular flexibility index (Phi) is 8.03. The molecule has 23 heavy (non-hydrogen) atoms. The highest BCUT2D eigenvalue weighted by Crippen LogP contribution is 2.57. The van der Waals surface area contributed by atoms with Gasteiger partial charge in [-0.05, 0) is 23.1 Å². The van der Waals surface area contributed by atoms with Crippen LogP contribution in [-0.2, 0) is 15.1 Å². The molecule has 0 radical (unpaired) electrons. The Morgan fingerprint density at radius 1 is 0.696 bits per heavy atom. The summed E-state index contributed by atoms with van der Waals surface area (Å²) in [6, 6.07) is 4.51. The molecule has 0 atom stereocenters. The Bertz CT molecular complexity index is 514. The van der Waals surface area contributed by atoms with Crippen molar-refractivity contribution in [2.24, 2.45) is 0 Å². The molecule has 1 aromatic rings. The Hall–Kier alpha value is 2.08. The fourth-order valence-electron chi connectivity index (χ4n) is 1.86. The van der Waals surface area contributed by atoms with Gasteiger partial charge in [-0.2, -0.15) is 0 Å². The lowest BCUT2D eigenvalue weighted by Crippen LogP contribution is -2.34. The van der Waals surface area contributed by atoms with Crippen LogP contribution >= 0.6 is 116 Å². The Morgan fingerprint density at radius 3 is 1.30 bits per heavy atom. The van der Waals surface area contributed by atoms with E-state index in [9.17, 15) is 5.11 Å². The maximum atomic E-state index is 9.34.